The molecule has 1 aliphatic heterocycles. The lowest BCUT2D eigenvalue weighted by Crippen LogP contribution is -2.59. The number of nitrogens with one attached hydrogen (secondary N) is 2. The molecular weight excluding hydrogens is 342 g/mol. The minimum atomic E-state index is -0.401. The Bertz CT molecular complexity index is 778. The Morgan fingerprint density at radius 3 is 2.67 bits per heavy atom. The Labute approximate surface area is 158 Å². The highest BCUT2D eigenvalue weighted by atomic mass is 16.3. The summed E-state index contributed by atoms with van der Waals surface area (Å²) >= 11 is 0. The van der Waals surface area contributed by atoms with Crippen molar-refractivity contribution in [3.63, 3.8) is 0 Å². The molecule has 0 radical (unpaired) electrons. The van der Waals surface area contributed by atoms with Crippen LogP contribution < -0.4 is 10.6 Å². The summed E-state index contributed by atoms with van der Waals surface area (Å²) in [5.41, 5.74) is 2.71. The summed E-state index contributed by atoms with van der Waals surface area (Å²) in [7, 11) is 0. The molecule has 1 atom stereocenters. The lowest BCUT2D eigenvalue weighted by Gasteiger charge is -2.38. The number of carbonyl (C=O) groups is 2. The van der Waals surface area contributed by atoms with E-state index in [1.54, 1.807) is 6.26 Å². The maximum Gasteiger partial charge on any atom is 0.237 e. The van der Waals surface area contributed by atoms with Crippen LogP contribution in [0.1, 0.15) is 23.3 Å². The number of rotatable bonds is 6. The highest BCUT2D eigenvalue weighted by Gasteiger charge is 2.37. The van der Waals surface area contributed by atoms with Gasteiger partial charge in [0.15, 0.2) is 0 Å². The van der Waals surface area contributed by atoms with Crippen molar-refractivity contribution in [1.82, 2.24) is 15.5 Å². The first-order chi connectivity index (χ1) is 13.2. The highest BCUT2D eigenvalue weighted by Crippen LogP contribution is 2.28. The number of benzene rings is 1. The molecule has 6 nitrogen and oxygen atoms in total. The molecule has 2 heterocycles. The molecule has 2 amide bonds. The largest absolute Gasteiger partial charge is 0.469 e. The third kappa shape index (κ3) is 4.06. The molecular formula is C21H25N3O3. The minimum absolute atomic E-state index is 0.0432. The van der Waals surface area contributed by atoms with Crippen molar-refractivity contribution in [2.75, 3.05) is 19.6 Å². The van der Waals surface area contributed by atoms with E-state index in [1.807, 2.05) is 12.1 Å². The highest BCUT2D eigenvalue weighted by molar-refractivity contribution is 5.88. The summed E-state index contributed by atoms with van der Waals surface area (Å²) in [5, 5.41) is 5.83. The zero-order chi connectivity index (χ0) is 18.6. The normalized spacial score (nSPS) is 20.3. The molecule has 2 aromatic rings. The smallest absolute Gasteiger partial charge is 0.237 e. The molecule has 2 N–H and O–H groups in total. The molecule has 4 rings (SSSR count). The molecule has 0 spiro atoms. The molecule has 27 heavy (non-hydrogen) atoms. The molecule has 1 saturated heterocycles. The molecule has 1 unspecified atom stereocenters. The number of fused-ring (bicyclic) bond motifs is 1. The van der Waals surface area contributed by atoms with Crippen molar-refractivity contribution in [2.45, 2.75) is 37.8 Å². The summed E-state index contributed by atoms with van der Waals surface area (Å²) in [6.07, 6.45) is 4.36. The summed E-state index contributed by atoms with van der Waals surface area (Å²) < 4.78 is 5.27. The fourth-order valence-corrected chi connectivity index (χ4v) is 4.18. The zero-order valence-corrected chi connectivity index (χ0v) is 15.3. The number of amides is 2. The number of furan rings is 1. The van der Waals surface area contributed by atoms with Crippen LogP contribution in [-0.2, 0) is 28.9 Å². The van der Waals surface area contributed by atoms with Crippen molar-refractivity contribution in [3.8, 4) is 0 Å². The van der Waals surface area contributed by atoms with Gasteiger partial charge in [-0.05, 0) is 36.1 Å². The molecule has 0 bridgehead atoms. The first-order valence-electron chi connectivity index (χ1n) is 9.60. The van der Waals surface area contributed by atoms with Gasteiger partial charge in [0.05, 0.1) is 18.7 Å². The molecule has 2 aliphatic rings. The second-order valence-electron chi connectivity index (χ2n) is 7.26. The van der Waals surface area contributed by atoms with Crippen molar-refractivity contribution in [2.24, 2.45) is 0 Å². The number of hydrogen-bond donors (Lipinski definition) is 2. The molecule has 1 aromatic heterocycles. The quantitative estimate of drug-likeness (QED) is 0.807. The maximum absolute atomic E-state index is 12.5. The van der Waals surface area contributed by atoms with Crippen LogP contribution in [0.4, 0.5) is 0 Å². The van der Waals surface area contributed by atoms with E-state index in [2.05, 4.69) is 39.8 Å². The topological polar surface area (TPSA) is 74.6 Å². The van der Waals surface area contributed by atoms with Gasteiger partial charge in [-0.2, -0.15) is 0 Å². The van der Waals surface area contributed by atoms with Gasteiger partial charge in [0, 0.05) is 32.1 Å². The average molecular weight is 367 g/mol. The number of hydrogen-bond acceptors (Lipinski definition) is 4. The summed E-state index contributed by atoms with van der Waals surface area (Å²) in [6, 6.07) is 12.1. The van der Waals surface area contributed by atoms with Crippen LogP contribution in [0.5, 0.6) is 0 Å². The van der Waals surface area contributed by atoms with Crippen molar-refractivity contribution in [3.05, 3.63) is 59.5 Å². The summed E-state index contributed by atoms with van der Waals surface area (Å²) in [6.45, 7) is 1.94. The van der Waals surface area contributed by atoms with E-state index >= 15 is 0 Å². The van der Waals surface area contributed by atoms with Crippen LogP contribution in [0.3, 0.4) is 0 Å². The SMILES string of the molecule is O=C(CC1C(=O)NCCN1C1Cc2ccccc2C1)NCCc1ccco1. The van der Waals surface area contributed by atoms with E-state index in [4.69, 9.17) is 4.42 Å². The second kappa shape index (κ2) is 7.96. The monoisotopic (exact) mass is 367 g/mol. The number of piperazine rings is 1. The second-order valence-corrected chi connectivity index (χ2v) is 7.26. The van der Waals surface area contributed by atoms with E-state index in [0.717, 1.165) is 25.1 Å². The number of carbonyl (C=O) groups excluding carboxylic acids is 2. The third-order valence-electron chi connectivity index (χ3n) is 5.52. The van der Waals surface area contributed by atoms with Gasteiger partial charge < -0.3 is 15.1 Å². The van der Waals surface area contributed by atoms with Crippen molar-refractivity contribution >= 4 is 11.8 Å². The van der Waals surface area contributed by atoms with Gasteiger partial charge in [0.2, 0.25) is 11.8 Å². The Hall–Kier alpha value is -2.60. The van der Waals surface area contributed by atoms with Gasteiger partial charge >= 0.3 is 0 Å². The van der Waals surface area contributed by atoms with Crippen molar-refractivity contribution < 1.29 is 14.0 Å². The first-order valence-corrected chi connectivity index (χ1v) is 9.60. The van der Waals surface area contributed by atoms with Crippen LogP contribution in [-0.4, -0.2) is 48.4 Å². The maximum atomic E-state index is 12.5. The molecule has 6 heteroatoms. The summed E-state index contributed by atoms with van der Waals surface area (Å²) in [5.74, 6) is 0.707. The fraction of sp³-hybridized carbons (Fsp3) is 0.429. The van der Waals surface area contributed by atoms with Gasteiger partial charge in [0.1, 0.15) is 5.76 Å². The van der Waals surface area contributed by atoms with E-state index in [9.17, 15) is 9.59 Å². The van der Waals surface area contributed by atoms with Gasteiger partial charge in [-0.15, -0.1) is 0 Å². The lowest BCUT2D eigenvalue weighted by molar-refractivity contribution is -0.135. The molecule has 1 aromatic carbocycles. The molecule has 142 valence electrons. The van der Waals surface area contributed by atoms with Crippen LogP contribution in [0.25, 0.3) is 0 Å². The predicted octanol–water partition coefficient (Wildman–Crippen LogP) is 1.30. The Kier molecular flexibility index (Phi) is 5.25. The van der Waals surface area contributed by atoms with Crippen LogP contribution in [0, 0.1) is 0 Å². The standard InChI is InChI=1S/C21H25N3O3/c25-20(22-8-7-18-6-3-11-27-18)14-19-21(26)23-9-10-24(19)17-12-15-4-1-2-5-16(15)13-17/h1-6,11,17,19H,7-10,12-14H2,(H,22,25)(H,23,26). The van der Waals surface area contributed by atoms with Gasteiger partial charge in [-0.25, -0.2) is 0 Å². The molecule has 1 aliphatic carbocycles. The van der Waals surface area contributed by atoms with Gasteiger partial charge in [-0.3, -0.25) is 14.5 Å². The van der Waals surface area contributed by atoms with Crippen molar-refractivity contribution in [1.29, 1.82) is 0 Å². The molecule has 0 saturated carbocycles. The van der Waals surface area contributed by atoms with E-state index in [0.29, 0.717) is 19.5 Å². The van der Waals surface area contributed by atoms with Gasteiger partial charge in [0.25, 0.3) is 0 Å². The van der Waals surface area contributed by atoms with E-state index in [1.165, 1.54) is 11.1 Å². The van der Waals surface area contributed by atoms with Crippen LogP contribution in [0.2, 0.25) is 0 Å². The third-order valence-corrected chi connectivity index (χ3v) is 5.52. The van der Waals surface area contributed by atoms with E-state index < -0.39 is 6.04 Å². The Morgan fingerprint density at radius 1 is 1.19 bits per heavy atom. The van der Waals surface area contributed by atoms with Gasteiger partial charge in [-0.1, -0.05) is 24.3 Å². The fourth-order valence-electron chi connectivity index (χ4n) is 4.18. The molecule has 1 fully saturated rings. The van der Waals surface area contributed by atoms with E-state index in [-0.39, 0.29) is 24.3 Å². The Balaban J connectivity index is 1.35. The van der Waals surface area contributed by atoms with Crippen LogP contribution in [0.15, 0.2) is 47.1 Å². The predicted molar refractivity (Wildman–Crippen MR) is 101 cm³/mol. The Morgan fingerprint density at radius 2 is 1.96 bits per heavy atom. The minimum Gasteiger partial charge on any atom is -0.469 e. The van der Waals surface area contributed by atoms with Crippen LogP contribution >= 0.6 is 0 Å². The zero-order valence-electron chi connectivity index (χ0n) is 15.3. The average Bonchev–Trinajstić information content (AvgIpc) is 3.32. The summed E-state index contributed by atoms with van der Waals surface area (Å²) in [4.78, 5) is 27.1. The first kappa shape index (κ1) is 17.8. The lowest BCUT2D eigenvalue weighted by atomic mass is 10.0. The number of nitrogens with zero attached hydrogens (tertiary/aromatic N) is 1.